The number of aromatic nitrogens is 3. The van der Waals surface area contributed by atoms with Crippen molar-refractivity contribution in [3.05, 3.63) is 46.5 Å². The molecule has 0 bridgehead atoms. The van der Waals surface area contributed by atoms with E-state index in [0.29, 0.717) is 0 Å². The van der Waals surface area contributed by atoms with Gasteiger partial charge in [0, 0.05) is 13.1 Å². The summed E-state index contributed by atoms with van der Waals surface area (Å²) < 4.78 is 10.6. The van der Waals surface area contributed by atoms with Crippen molar-refractivity contribution in [2.24, 2.45) is 0 Å². The van der Waals surface area contributed by atoms with Gasteiger partial charge < -0.3 is 4.74 Å². The van der Waals surface area contributed by atoms with Gasteiger partial charge in [0.15, 0.2) is 4.77 Å². The maximum absolute atomic E-state index is 5.79. The lowest BCUT2D eigenvalue weighted by Crippen LogP contribution is -2.46. The van der Waals surface area contributed by atoms with Gasteiger partial charge in [-0.15, -0.1) is 0 Å². The molecule has 0 amide bonds. The molecule has 1 aromatic heterocycles. The van der Waals surface area contributed by atoms with Crippen LogP contribution >= 0.6 is 12.2 Å². The van der Waals surface area contributed by atoms with Crippen LogP contribution in [0.5, 0.6) is 0 Å². The second kappa shape index (κ2) is 6.95. The van der Waals surface area contributed by atoms with Gasteiger partial charge in [-0.05, 0) is 38.6 Å². The fourth-order valence-corrected chi connectivity index (χ4v) is 3.47. The van der Waals surface area contributed by atoms with Crippen molar-refractivity contribution in [2.45, 2.75) is 46.2 Å². The van der Waals surface area contributed by atoms with Crippen LogP contribution in [-0.2, 0) is 18.0 Å². The van der Waals surface area contributed by atoms with Crippen molar-refractivity contribution < 1.29 is 4.74 Å². The number of hydrogen-bond acceptors (Lipinski definition) is 4. The van der Waals surface area contributed by atoms with Crippen molar-refractivity contribution >= 4 is 12.2 Å². The summed E-state index contributed by atoms with van der Waals surface area (Å²) in [4.78, 5) is 2.36. The van der Waals surface area contributed by atoms with Gasteiger partial charge in [0.1, 0.15) is 5.82 Å². The Labute approximate surface area is 142 Å². The lowest BCUT2D eigenvalue weighted by molar-refractivity contribution is -0.0777. The Morgan fingerprint density at radius 1 is 1.17 bits per heavy atom. The zero-order chi connectivity index (χ0) is 16.4. The molecule has 124 valence electrons. The molecule has 0 spiro atoms. The fraction of sp³-hybridized carbons (Fsp3) is 0.529. The van der Waals surface area contributed by atoms with Crippen LogP contribution in [0.1, 0.15) is 25.2 Å². The average molecular weight is 332 g/mol. The molecule has 1 aliphatic rings. The van der Waals surface area contributed by atoms with Crippen LogP contribution in [0.3, 0.4) is 0 Å². The third-order valence-electron chi connectivity index (χ3n) is 4.12. The number of benzene rings is 1. The standard InChI is InChI=1S/C17H24N4OS/c1-13-9-19(10-14(2)22-13)12-21-17(23)20(15(3)18-21)11-16-7-5-4-6-8-16/h4-8,13-14H,9-12H2,1-3H3/t13-,14+. The van der Waals surface area contributed by atoms with Gasteiger partial charge in [0.05, 0.1) is 25.4 Å². The van der Waals surface area contributed by atoms with E-state index in [9.17, 15) is 0 Å². The Bertz CT molecular complexity index is 699. The molecule has 0 aliphatic carbocycles. The summed E-state index contributed by atoms with van der Waals surface area (Å²) in [6.45, 7) is 9.55. The molecule has 5 nitrogen and oxygen atoms in total. The molecule has 0 radical (unpaired) electrons. The second-order valence-corrected chi connectivity index (χ2v) is 6.70. The Kier molecular flexibility index (Phi) is 4.94. The van der Waals surface area contributed by atoms with Crippen LogP contribution in [0.15, 0.2) is 30.3 Å². The quantitative estimate of drug-likeness (QED) is 0.807. The average Bonchev–Trinajstić information content (AvgIpc) is 2.75. The molecule has 1 fully saturated rings. The maximum atomic E-state index is 5.79. The molecule has 2 atom stereocenters. The van der Waals surface area contributed by atoms with E-state index in [1.807, 2.05) is 17.7 Å². The molecule has 23 heavy (non-hydrogen) atoms. The minimum Gasteiger partial charge on any atom is -0.373 e. The van der Waals surface area contributed by atoms with Crippen molar-refractivity contribution in [3.63, 3.8) is 0 Å². The third-order valence-corrected chi connectivity index (χ3v) is 4.55. The molecular formula is C17H24N4OS. The van der Waals surface area contributed by atoms with E-state index >= 15 is 0 Å². The van der Waals surface area contributed by atoms with Crippen molar-refractivity contribution in [3.8, 4) is 0 Å². The lowest BCUT2D eigenvalue weighted by atomic mass is 10.2. The highest BCUT2D eigenvalue weighted by Crippen LogP contribution is 2.13. The Balaban J connectivity index is 1.77. The maximum Gasteiger partial charge on any atom is 0.199 e. The van der Waals surface area contributed by atoms with Crippen LogP contribution in [0, 0.1) is 11.7 Å². The number of ether oxygens (including phenoxy) is 1. The summed E-state index contributed by atoms with van der Waals surface area (Å²) in [7, 11) is 0. The van der Waals surface area contributed by atoms with Gasteiger partial charge in [0.2, 0.25) is 0 Å². The number of nitrogens with zero attached hydrogens (tertiary/aromatic N) is 4. The van der Waals surface area contributed by atoms with Crippen molar-refractivity contribution in [1.82, 2.24) is 19.2 Å². The van der Waals surface area contributed by atoms with Gasteiger partial charge in [0.25, 0.3) is 0 Å². The van der Waals surface area contributed by atoms with E-state index in [1.165, 1.54) is 5.56 Å². The molecule has 2 heterocycles. The van der Waals surface area contributed by atoms with E-state index < -0.39 is 0 Å². The van der Waals surface area contributed by atoms with Gasteiger partial charge in [-0.1, -0.05) is 30.3 Å². The second-order valence-electron chi connectivity index (χ2n) is 6.34. The smallest absolute Gasteiger partial charge is 0.199 e. The van der Waals surface area contributed by atoms with Crippen LogP contribution in [-0.4, -0.2) is 44.5 Å². The molecule has 0 unspecified atom stereocenters. The van der Waals surface area contributed by atoms with E-state index in [1.54, 1.807) is 0 Å². The molecule has 1 aromatic carbocycles. The topological polar surface area (TPSA) is 35.2 Å². The molecule has 0 saturated carbocycles. The molecule has 1 aliphatic heterocycles. The van der Waals surface area contributed by atoms with E-state index in [-0.39, 0.29) is 12.2 Å². The van der Waals surface area contributed by atoms with Crippen LogP contribution in [0.2, 0.25) is 0 Å². The summed E-state index contributed by atoms with van der Waals surface area (Å²) in [5, 5.41) is 4.64. The summed E-state index contributed by atoms with van der Waals surface area (Å²) in [5.74, 6) is 0.952. The molecular weight excluding hydrogens is 308 g/mol. The summed E-state index contributed by atoms with van der Waals surface area (Å²) in [5.41, 5.74) is 1.24. The van der Waals surface area contributed by atoms with Crippen LogP contribution in [0.4, 0.5) is 0 Å². The molecule has 2 aromatic rings. The zero-order valence-corrected chi connectivity index (χ0v) is 14.8. The summed E-state index contributed by atoms with van der Waals surface area (Å²) >= 11 is 5.64. The van der Waals surface area contributed by atoms with Gasteiger partial charge >= 0.3 is 0 Å². The third kappa shape index (κ3) is 3.88. The number of hydrogen-bond donors (Lipinski definition) is 0. The predicted octanol–water partition coefficient (Wildman–Crippen LogP) is 2.84. The normalized spacial score (nSPS) is 22.4. The van der Waals surface area contributed by atoms with Gasteiger partial charge in [-0.2, -0.15) is 5.10 Å². The molecule has 0 N–H and O–H groups in total. The van der Waals surface area contributed by atoms with Gasteiger partial charge in [-0.3, -0.25) is 9.47 Å². The fourth-order valence-electron chi connectivity index (χ4n) is 3.18. The highest BCUT2D eigenvalue weighted by atomic mass is 32.1. The first-order valence-corrected chi connectivity index (χ1v) is 8.49. The first kappa shape index (κ1) is 16.4. The number of morpholine rings is 1. The monoisotopic (exact) mass is 332 g/mol. The number of rotatable bonds is 4. The minimum absolute atomic E-state index is 0.250. The largest absolute Gasteiger partial charge is 0.373 e. The predicted molar refractivity (Wildman–Crippen MR) is 92.9 cm³/mol. The first-order chi connectivity index (χ1) is 11.0. The molecule has 6 heteroatoms. The molecule has 3 rings (SSSR count). The van der Waals surface area contributed by atoms with Gasteiger partial charge in [-0.25, -0.2) is 4.68 Å². The SMILES string of the molecule is Cc1nn(CN2C[C@@H](C)O[C@@H](C)C2)c(=S)n1Cc1ccccc1. The van der Waals surface area contributed by atoms with Crippen molar-refractivity contribution in [1.29, 1.82) is 0 Å². The zero-order valence-electron chi connectivity index (χ0n) is 14.0. The van der Waals surface area contributed by atoms with Crippen LogP contribution < -0.4 is 0 Å². The van der Waals surface area contributed by atoms with E-state index in [4.69, 9.17) is 17.0 Å². The number of aryl methyl sites for hydroxylation is 1. The van der Waals surface area contributed by atoms with Crippen molar-refractivity contribution in [2.75, 3.05) is 13.1 Å². The Morgan fingerprint density at radius 3 is 2.48 bits per heavy atom. The van der Waals surface area contributed by atoms with E-state index in [2.05, 4.69) is 52.7 Å². The first-order valence-electron chi connectivity index (χ1n) is 8.09. The highest BCUT2D eigenvalue weighted by molar-refractivity contribution is 7.71. The summed E-state index contributed by atoms with van der Waals surface area (Å²) in [6, 6.07) is 10.4. The Morgan fingerprint density at radius 2 is 1.83 bits per heavy atom. The van der Waals surface area contributed by atoms with Crippen LogP contribution in [0.25, 0.3) is 0 Å². The lowest BCUT2D eigenvalue weighted by Gasteiger charge is -2.34. The summed E-state index contributed by atoms with van der Waals surface area (Å²) in [6.07, 6.45) is 0.501. The molecule has 1 saturated heterocycles. The van der Waals surface area contributed by atoms with E-state index in [0.717, 1.165) is 36.9 Å². The minimum atomic E-state index is 0.250. The Hall–Kier alpha value is -1.50. The highest BCUT2D eigenvalue weighted by Gasteiger charge is 2.23.